The van der Waals surface area contributed by atoms with Gasteiger partial charge in [0.25, 0.3) is 5.91 Å². The molecule has 1 amide bonds. The van der Waals surface area contributed by atoms with E-state index in [1.54, 1.807) is 17.0 Å². The molecule has 2 nitrogen and oxygen atoms in total. The largest absolute Gasteiger partial charge is 0.304 e. The fourth-order valence-corrected chi connectivity index (χ4v) is 3.00. The summed E-state index contributed by atoms with van der Waals surface area (Å²) in [4.78, 5) is 14.2. The molecule has 96 valence electrons. The lowest BCUT2D eigenvalue weighted by molar-refractivity contribution is 0.0996. The van der Waals surface area contributed by atoms with E-state index in [4.69, 9.17) is 11.6 Å². The molecule has 0 fully saturated rings. The van der Waals surface area contributed by atoms with Gasteiger partial charge < -0.3 is 4.90 Å². The van der Waals surface area contributed by atoms with Crippen LogP contribution in [0.4, 0.5) is 5.69 Å². The molecule has 2 aromatic rings. The zero-order chi connectivity index (χ0) is 13.4. The molecule has 19 heavy (non-hydrogen) atoms. The summed E-state index contributed by atoms with van der Waals surface area (Å²) in [5.41, 5.74) is 3.96. The minimum atomic E-state index is 0.0557. The van der Waals surface area contributed by atoms with Crippen LogP contribution in [0.25, 0.3) is 0 Å². The molecule has 0 radical (unpaired) electrons. The number of rotatable bonds is 2. The topological polar surface area (TPSA) is 20.3 Å². The molecule has 1 aliphatic rings. The van der Waals surface area contributed by atoms with Crippen LogP contribution in [0.3, 0.4) is 0 Å². The molecular weight excluding hydrogens is 326 g/mol. The molecule has 0 saturated carbocycles. The maximum absolute atomic E-state index is 12.4. The average molecular weight is 337 g/mol. The second-order valence-electron chi connectivity index (χ2n) is 4.44. The molecule has 0 saturated heterocycles. The lowest BCUT2D eigenvalue weighted by atomic mass is 10.1. The predicted octanol–water partition coefficient (Wildman–Crippen LogP) is 4.40. The van der Waals surface area contributed by atoms with Crippen molar-refractivity contribution in [3.05, 3.63) is 64.2 Å². The highest BCUT2D eigenvalue weighted by Gasteiger charge is 2.29. The Balaban J connectivity index is 2.01. The van der Waals surface area contributed by atoms with E-state index in [9.17, 15) is 4.79 Å². The van der Waals surface area contributed by atoms with E-state index in [1.807, 2.05) is 30.3 Å². The summed E-state index contributed by atoms with van der Waals surface area (Å²) in [6.07, 6.45) is 0. The van der Waals surface area contributed by atoms with Crippen molar-refractivity contribution in [1.29, 1.82) is 0 Å². The molecular formula is C15H11BrClNO. The lowest BCUT2D eigenvalue weighted by Gasteiger charge is -2.15. The Morgan fingerprint density at radius 3 is 2.58 bits per heavy atom. The van der Waals surface area contributed by atoms with E-state index in [-0.39, 0.29) is 5.91 Å². The van der Waals surface area contributed by atoms with Crippen LogP contribution in [0.5, 0.6) is 0 Å². The van der Waals surface area contributed by atoms with Crippen LogP contribution in [-0.2, 0) is 11.9 Å². The van der Waals surface area contributed by atoms with Crippen molar-refractivity contribution in [2.45, 2.75) is 11.9 Å². The van der Waals surface area contributed by atoms with Crippen LogP contribution in [0.1, 0.15) is 21.5 Å². The molecule has 0 bridgehead atoms. The van der Waals surface area contributed by atoms with Gasteiger partial charge in [-0.2, -0.15) is 0 Å². The summed E-state index contributed by atoms with van der Waals surface area (Å²) < 4.78 is 0. The van der Waals surface area contributed by atoms with Crippen molar-refractivity contribution in [3.8, 4) is 0 Å². The molecule has 1 heterocycles. The molecule has 0 unspecified atom stereocenters. The first kappa shape index (κ1) is 12.7. The monoisotopic (exact) mass is 335 g/mol. The number of amides is 1. The lowest BCUT2D eigenvalue weighted by Crippen LogP contribution is -2.22. The fraction of sp³-hybridized carbons (Fsp3) is 0.133. The first-order valence-electron chi connectivity index (χ1n) is 5.95. The van der Waals surface area contributed by atoms with Crippen LogP contribution in [-0.4, -0.2) is 5.91 Å². The van der Waals surface area contributed by atoms with E-state index >= 15 is 0 Å². The van der Waals surface area contributed by atoms with Gasteiger partial charge in [-0.15, -0.1) is 0 Å². The summed E-state index contributed by atoms with van der Waals surface area (Å²) in [5.74, 6) is 0.0557. The summed E-state index contributed by atoms with van der Waals surface area (Å²) in [7, 11) is 0. The summed E-state index contributed by atoms with van der Waals surface area (Å²) in [6.45, 7) is 0.623. The van der Waals surface area contributed by atoms with Gasteiger partial charge in [-0.05, 0) is 41.5 Å². The first-order chi connectivity index (χ1) is 9.20. The van der Waals surface area contributed by atoms with Gasteiger partial charge in [-0.1, -0.05) is 39.7 Å². The third-order valence-electron chi connectivity index (χ3n) is 3.35. The van der Waals surface area contributed by atoms with E-state index in [1.165, 1.54) is 5.56 Å². The first-order valence-corrected chi connectivity index (χ1v) is 7.45. The zero-order valence-corrected chi connectivity index (χ0v) is 12.4. The van der Waals surface area contributed by atoms with Crippen LogP contribution in [0.2, 0.25) is 5.02 Å². The van der Waals surface area contributed by atoms with Crippen molar-refractivity contribution in [2.24, 2.45) is 0 Å². The second-order valence-corrected chi connectivity index (χ2v) is 5.44. The van der Waals surface area contributed by atoms with Crippen molar-refractivity contribution >= 4 is 39.1 Å². The molecule has 0 atom stereocenters. The Kier molecular flexibility index (Phi) is 3.33. The minimum absolute atomic E-state index is 0.0557. The number of hydrogen-bond acceptors (Lipinski definition) is 1. The highest BCUT2D eigenvalue weighted by atomic mass is 79.9. The Labute approximate surface area is 125 Å². The van der Waals surface area contributed by atoms with Gasteiger partial charge in [0, 0.05) is 21.6 Å². The highest BCUT2D eigenvalue weighted by Crippen LogP contribution is 2.31. The molecule has 0 aromatic heterocycles. The Hall–Kier alpha value is -1.32. The quantitative estimate of drug-likeness (QED) is 0.745. The Morgan fingerprint density at radius 1 is 1.16 bits per heavy atom. The summed E-state index contributed by atoms with van der Waals surface area (Å²) >= 11 is 9.35. The number of hydrogen-bond donors (Lipinski definition) is 0. The SMILES string of the molecule is O=C1c2cccc(CBr)c2CN1c1ccc(Cl)cc1. The van der Waals surface area contributed by atoms with Gasteiger partial charge in [0.05, 0.1) is 6.54 Å². The van der Waals surface area contributed by atoms with Crippen molar-refractivity contribution < 1.29 is 4.79 Å². The van der Waals surface area contributed by atoms with Gasteiger partial charge in [-0.25, -0.2) is 0 Å². The molecule has 0 N–H and O–H groups in total. The number of anilines is 1. The highest BCUT2D eigenvalue weighted by molar-refractivity contribution is 9.08. The van der Waals surface area contributed by atoms with Crippen molar-refractivity contribution in [2.75, 3.05) is 4.90 Å². The number of nitrogens with zero attached hydrogens (tertiary/aromatic N) is 1. The number of benzene rings is 2. The van der Waals surface area contributed by atoms with Gasteiger partial charge in [0.15, 0.2) is 0 Å². The number of halogens is 2. The van der Waals surface area contributed by atoms with Crippen LogP contribution in [0, 0.1) is 0 Å². The van der Waals surface area contributed by atoms with E-state index in [2.05, 4.69) is 15.9 Å². The third-order valence-corrected chi connectivity index (χ3v) is 4.20. The van der Waals surface area contributed by atoms with E-state index in [0.717, 1.165) is 22.1 Å². The maximum atomic E-state index is 12.4. The molecule has 2 aromatic carbocycles. The third kappa shape index (κ3) is 2.17. The second kappa shape index (κ2) is 4.99. The molecule has 4 heteroatoms. The summed E-state index contributed by atoms with van der Waals surface area (Å²) in [5, 5.41) is 1.44. The van der Waals surface area contributed by atoms with Crippen LogP contribution >= 0.6 is 27.5 Å². The van der Waals surface area contributed by atoms with Crippen molar-refractivity contribution in [3.63, 3.8) is 0 Å². The van der Waals surface area contributed by atoms with Crippen molar-refractivity contribution in [1.82, 2.24) is 0 Å². The molecule has 1 aliphatic heterocycles. The molecule has 3 rings (SSSR count). The van der Waals surface area contributed by atoms with Gasteiger partial charge >= 0.3 is 0 Å². The normalized spacial score (nSPS) is 13.8. The maximum Gasteiger partial charge on any atom is 0.258 e. The van der Waals surface area contributed by atoms with E-state index < -0.39 is 0 Å². The number of carbonyl (C=O) groups excluding carboxylic acids is 1. The minimum Gasteiger partial charge on any atom is -0.304 e. The number of alkyl halides is 1. The Bertz CT molecular complexity index is 639. The number of fused-ring (bicyclic) bond motifs is 1. The van der Waals surface area contributed by atoms with E-state index in [0.29, 0.717) is 11.6 Å². The van der Waals surface area contributed by atoms with Gasteiger partial charge in [0.2, 0.25) is 0 Å². The fourth-order valence-electron chi connectivity index (χ4n) is 2.35. The van der Waals surface area contributed by atoms with Gasteiger partial charge in [0.1, 0.15) is 0 Å². The average Bonchev–Trinajstić information content (AvgIpc) is 2.77. The molecule has 0 spiro atoms. The van der Waals surface area contributed by atoms with Crippen LogP contribution in [0.15, 0.2) is 42.5 Å². The van der Waals surface area contributed by atoms with Crippen LogP contribution < -0.4 is 4.90 Å². The number of carbonyl (C=O) groups is 1. The van der Waals surface area contributed by atoms with Gasteiger partial charge in [-0.3, -0.25) is 4.79 Å². The zero-order valence-electron chi connectivity index (χ0n) is 10.1. The summed E-state index contributed by atoms with van der Waals surface area (Å²) in [6, 6.07) is 13.2. The Morgan fingerprint density at radius 2 is 1.89 bits per heavy atom. The smallest absolute Gasteiger partial charge is 0.258 e. The standard InChI is InChI=1S/C15H11BrClNO/c16-8-10-2-1-3-13-14(10)9-18(15(13)19)12-6-4-11(17)5-7-12/h1-7H,8-9H2. The predicted molar refractivity (Wildman–Crippen MR) is 81.0 cm³/mol. The molecule has 0 aliphatic carbocycles.